The molecule has 1 fully saturated rings. The molecule has 0 aromatic heterocycles. The molecule has 2 aromatic carbocycles. The zero-order valence-corrected chi connectivity index (χ0v) is 15.3. The molecule has 3 nitrogen and oxygen atoms in total. The van der Waals surface area contributed by atoms with Crippen molar-refractivity contribution >= 4 is 17.5 Å². The maximum absolute atomic E-state index is 12.6. The number of nitrogens with zero attached hydrogens (tertiary/aromatic N) is 1. The Kier molecular flexibility index (Phi) is 5.98. The first-order chi connectivity index (χ1) is 12.1. The minimum absolute atomic E-state index is 0.0631. The minimum Gasteiger partial charge on any atom is -0.481 e. The number of likely N-dealkylation sites (tertiary alicyclic amines) is 1. The van der Waals surface area contributed by atoms with Crippen molar-refractivity contribution in [2.45, 2.75) is 32.3 Å². The third-order valence-corrected chi connectivity index (χ3v) is 5.02. The molecule has 1 heterocycles. The van der Waals surface area contributed by atoms with E-state index in [0.29, 0.717) is 16.7 Å². The van der Waals surface area contributed by atoms with E-state index in [0.717, 1.165) is 32.4 Å². The van der Waals surface area contributed by atoms with Gasteiger partial charge in [-0.2, -0.15) is 0 Å². The first-order valence-electron chi connectivity index (χ1n) is 8.87. The summed E-state index contributed by atoms with van der Waals surface area (Å²) in [7, 11) is 0. The zero-order chi connectivity index (χ0) is 17.6. The molecule has 1 aliphatic heterocycles. The molecule has 0 spiro atoms. The average Bonchev–Trinajstić information content (AvgIpc) is 2.64. The average molecular weight is 358 g/mol. The van der Waals surface area contributed by atoms with Crippen molar-refractivity contribution in [2.24, 2.45) is 5.92 Å². The number of ether oxygens (including phenoxy) is 1. The van der Waals surface area contributed by atoms with Gasteiger partial charge < -0.3 is 9.64 Å². The highest BCUT2D eigenvalue weighted by molar-refractivity contribution is 6.30. The van der Waals surface area contributed by atoms with Crippen LogP contribution in [-0.2, 0) is 11.2 Å². The van der Waals surface area contributed by atoms with E-state index in [1.54, 1.807) is 24.3 Å². The lowest BCUT2D eigenvalue weighted by molar-refractivity contribution is -0.139. The van der Waals surface area contributed by atoms with E-state index in [2.05, 4.69) is 24.3 Å². The Morgan fingerprint density at radius 2 is 1.76 bits per heavy atom. The van der Waals surface area contributed by atoms with Crippen molar-refractivity contribution < 1.29 is 9.53 Å². The smallest absolute Gasteiger partial charge is 0.263 e. The van der Waals surface area contributed by atoms with Gasteiger partial charge in [0.15, 0.2) is 6.10 Å². The molecular formula is C21H24ClNO2. The van der Waals surface area contributed by atoms with Gasteiger partial charge in [0.1, 0.15) is 5.75 Å². The van der Waals surface area contributed by atoms with Crippen molar-refractivity contribution in [1.29, 1.82) is 0 Å². The van der Waals surface area contributed by atoms with Crippen molar-refractivity contribution in [1.82, 2.24) is 4.90 Å². The van der Waals surface area contributed by atoms with E-state index in [-0.39, 0.29) is 5.91 Å². The van der Waals surface area contributed by atoms with Crippen molar-refractivity contribution in [3.8, 4) is 5.75 Å². The summed E-state index contributed by atoms with van der Waals surface area (Å²) in [5.41, 5.74) is 1.38. The van der Waals surface area contributed by atoms with Gasteiger partial charge in [0.2, 0.25) is 0 Å². The highest BCUT2D eigenvalue weighted by Gasteiger charge is 2.27. The molecule has 132 valence electrons. The first kappa shape index (κ1) is 17.8. The number of piperidine rings is 1. The number of hydrogen-bond donors (Lipinski definition) is 0. The largest absolute Gasteiger partial charge is 0.481 e. The number of amides is 1. The molecule has 25 heavy (non-hydrogen) atoms. The van der Waals surface area contributed by atoms with Gasteiger partial charge in [-0.05, 0) is 61.9 Å². The number of rotatable bonds is 5. The van der Waals surface area contributed by atoms with Crippen LogP contribution in [0.5, 0.6) is 5.75 Å². The molecule has 0 aliphatic carbocycles. The summed E-state index contributed by atoms with van der Waals surface area (Å²) in [4.78, 5) is 14.5. The second-order valence-corrected chi connectivity index (χ2v) is 7.11. The fourth-order valence-electron chi connectivity index (χ4n) is 3.33. The normalized spacial score (nSPS) is 16.5. The lowest BCUT2D eigenvalue weighted by Gasteiger charge is -2.33. The second kappa shape index (κ2) is 8.39. The maximum Gasteiger partial charge on any atom is 0.263 e. The zero-order valence-electron chi connectivity index (χ0n) is 14.5. The highest BCUT2D eigenvalue weighted by Crippen LogP contribution is 2.23. The van der Waals surface area contributed by atoms with Gasteiger partial charge in [0, 0.05) is 18.1 Å². The summed E-state index contributed by atoms with van der Waals surface area (Å²) in [5.74, 6) is 1.39. The topological polar surface area (TPSA) is 29.5 Å². The quantitative estimate of drug-likeness (QED) is 0.783. The van der Waals surface area contributed by atoms with Gasteiger partial charge in [-0.3, -0.25) is 4.79 Å². The summed E-state index contributed by atoms with van der Waals surface area (Å²) < 4.78 is 5.76. The lowest BCUT2D eigenvalue weighted by Crippen LogP contribution is -2.45. The molecule has 0 N–H and O–H groups in total. The third-order valence-electron chi connectivity index (χ3n) is 4.77. The molecule has 3 rings (SSSR count). The van der Waals surface area contributed by atoms with Gasteiger partial charge in [-0.25, -0.2) is 0 Å². The fraction of sp³-hybridized carbons (Fsp3) is 0.381. The number of halogens is 1. The predicted molar refractivity (Wildman–Crippen MR) is 101 cm³/mol. The van der Waals surface area contributed by atoms with Gasteiger partial charge >= 0.3 is 0 Å². The standard InChI is InChI=1S/C21H24ClNO2/c1-16(25-20-9-7-19(22)8-10-20)21(24)23-13-11-18(12-14-23)15-17-5-3-2-4-6-17/h2-10,16,18H,11-15H2,1H3/t16-/m0/s1. The van der Waals surface area contributed by atoms with Crippen LogP contribution in [0.4, 0.5) is 0 Å². The predicted octanol–water partition coefficient (Wildman–Crippen LogP) is 4.59. The fourth-order valence-corrected chi connectivity index (χ4v) is 3.46. The van der Waals surface area contributed by atoms with E-state index in [1.165, 1.54) is 5.56 Å². The van der Waals surface area contributed by atoms with Gasteiger partial charge in [0.05, 0.1) is 0 Å². The third kappa shape index (κ3) is 4.99. The summed E-state index contributed by atoms with van der Waals surface area (Å²) >= 11 is 5.87. The Morgan fingerprint density at radius 3 is 2.40 bits per heavy atom. The van der Waals surface area contributed by atoms with Crippen LogP contribution < -0.4 is 4.74 Å². The van der Waals surface area contributed by atoms with Crippen LogP contribution in [-0.4, -0.2) is 30.0 Å². The van der Waals surface area contributed by atoms with Crippen LogP contribution in [0.25, 0.3) is 0 Å². The molecule has 1 aliphatic rings. The summed E-state index contributed by atoms with van der Waals surface area (Å²) in [6, 6.07) is 17.7. The molecule has 1 amide bonds. The van der Waals surface area contributed by atoms with Gasteiger partial charge in [-0.15, -0.1) is 0 Å². The molecule has 1 atom stereocenters. The molecule has 0 bridgehead atoms. The van der Waals surface area contributed by atoms with E-state index in [9.17, 15) is 4.79 Å². The van der Waals surface area contributed by atoms with Crippen molar-refractivity contribution in [3.05, 3.63) is 65.2 Å². The van der Waals surface area contributed by atoms with Crippen LogP contribution in [0.3, 0.4) is 0 Å². The summed E-state index contributed by atoms with van der Waals surface area (Å²) in [6.07, 6.45) is 2.72. The lowest BCUT2D eigenvalue weighted by atomic mass is 9.90. The number of hydrogen-bond acceptors (Lipinski definition) is 2. The molecule has 2 aromatic rings. The SMILES string of the molecule is C[C@H](Oc1ccc(Cl)cc1)C(=O)N1CCC(Cc2ccccc2)CC1. The Hall–Kier alpha value is -2.00. The van der Waals surface area contributed by atoms with Gasteiger partial charge in [-0.1, -0.05) is 41.9 Å². The van der Waals surface area contributed by atoms with E-state index in [1.807, 2.05) is 17.9 Å². The number of benzene rings is 2. The molecule has 0 saturated carbocycles. The van der Waals surface area contributed by atoms with Crippen LogP contribution in [0.15, 0.2) is 54.6 Å². The Morgan fingerprint density at radius 1 is 1.12 bits per heavy atom. The Bertz CT molecular complexity index is 679. The first-order valence-corrected chi connectivity index (χ1v) is 9.24. The monoisotopic (exact) mass is 357 g/mol. The molecule has 0 radical (unpaired) electrons. The van der Waals surface area contributed by atoms with Crippen molar-refractivity contribution in [3.63, 3.8) is 0 Å². The number of carbonyl (C=O) groups excluding carboxylic acids is 1. The Labute approximate surface area is 154 Å². The highest BCUT2D eigenvalue weighted by atomic mass is 35.5. The minimum atomic E-state index is -0.480. The van der Waals surface area contributed by atoms with E-state index in [4.69, 9.17) is 16.3 Å². The molecule has 0 unspecified atom stereocenters. The summed E-state index contributed by atoms with van der Waals surface area (Å²) in [5, 5.41) is 0.659. The van der Waals surface area contributed by atoms with E-state index < -0.39 is 6.10 Å². The van der Waals surface area contributed by atoms with Gasteiger partial charge in [0.25, 0.3) is 5.91 Å². The molecule has 4 heteroatoms. The summed E-state index contributed by atoms with van der Waals surface area (Å²) in [6.45, 7) is 3.43. The van der Waals surface area contributed by atoms with E-state index >= 15 is 0 Å². The maximum atomic E-state index is 12.6. The number of carbonyl (C=O) groups is 1. The van der Waals surface area contributed by atoms with Crippen LogP contribution >= 0.6 is 11.6 Å². The molecule has 1 saturated heterocycles. The second-order valence-electron chi connectivity index (χ2n) is 6.67. The Balaban J connectivity index is 1.48. The molecular weight excluding hydrogens is 334 g/mol. The van der Waals surface area contributed by atoms with Crippen LogP contribution in [0.2, 0.25) is 5.02 Å². The van der Waals surface area contributed by atoms with Crippen LogP contribution in [0.1, 0.15) is 25.3 Å². The van der Waals surface area contributed by atoms with Crippen LogP contribution in [0, 0.1) is 5.92 Å². The van der Waals surface area contributed by atoms with Crippen molar-refractivity contribution in [2.75, 3.05) is 13.1 Å².